The molecular formula is C22H29N5O2. The van der Waals surface area contributed by atoms with Crippen molar-refractivity contribution in [2.75, 3.05) is 51.3 Å². The van der Waals surface area contributed by atoms with Crippen LogP contribution in [0.2, 0.25) is 0 Å². The van der Waals surface area contributed by atoms with Crippen molar-refractivity contribution >= 4 is 11.7 Å². The number of anilines is 1. The second-order valence-corrected chi connectivity index (χ2v) is 7.81. The van der Waals surface area contributed by atoms with Crippen molar-refractivity contribution in [1.29, 1.82) is 0 Å². The molecule has 0 aliphatic carbocycles. The van der Waals surface area contributed by atoms with E-state index in [2.05, 4.69) is 49.2 Å². The summed E-state index contributed by atoms with van der Waals surface area (Å²) in [4.78, 5) is 19.8. The Kier molecular flexibility index (Phi) is 6.24. The highest BCUT2D eigenvalue weighted by atomic mass is 16.5. The molecule has 154 valence electrons. The fourth-order valence-corrected chi connectivity index (χ4v) is 4.20. The van der Waals surface area contributed by atoms with E-state index in [1.165, 1.54) is 5.56 Å². The number of hydrogen-bond acceptors (Lipinski definition) is 6. The zero-order valence-electron chi connectivity index (χ0n) is 17.0. The highest BCUT2D eigenvalue weighted by Crippen LogP contribution is 2.24. The number of piperidine rings is 1. The molecule has 0 bridgehead atoms. The third-order valence-corrected chi connectivity index (χ3v) is 5.86. The highest BCUT2D eigenvalue weighted by Gasteiger charge is 2.31. The number of piperazine rings is 1. The van der Waals surface area contributed by atoms with E-state index in [-0.39, 0.29) is 11.8 Å². The number of ether oxygens (including phenoxy) is 1. The topological polar surface area (TPSA) is 61.8 Å². The van der Waals surface area contributed by atoms with E-state index in [4.69, 9.17) is 4.74 Å². The van der Waals surface area contributed by atoms with E-state index < -0.39 is 0 Å². The summed E-state index contributed by atoms with van der Waals surface area (Å²) in [7, 11) is 1.58. The predicted molar refractivity (Wildman–Crippen MR) is 112 cm³/mol. The molecule has 3 heterocycles. The normalized spacial score (nSPS) is 20.5. The van der Waals surface area contributed by atoms with E-state index >= 15 is 0 Å². The number of benzene rings is 1. The lowest BCUT2D eigenvalue weighted by atomic mass is 9.96. The van der Waals surface area contributed by atoms with Gasteiger partial charge in [-0.3, -0.25) is 9.69 Å². The van der Waals surface area contributed by atoms with Gasteiger partial charge in [0, 0.05) is 51.9 Å². The summed E-state index contributed by atoms with van der Waals surface area (Å²) in [6, 6.07) is 14.3. The van der Waals surface area contributed by atoms with Crippen molar-refractivity contribution in [3.8, 4) is 5.88 Å². The number of nitrogens with zero attached hydrogens (tertiary/aromatic N) is 5. The molecule has 1 aromatic heterocycles. The van der Waals surface area contributed by atoms with Crippen LogP contribution in [0.4, 0.5) is 5.82 Å². The quantitative estimate of drug-likeness (QED) is 0.772. The van der Waals surface area contributed by atoms with Gasteiger partial charge in [0.05, 0.1) is 13.0 Å². The molecule has 2 aliphatic rings. The van der Waals surface area contributed by atoms with Crippen LogP contribution in [0.15, 0.2) is 42.5 Å². The Morgan fingerprint density at radius 3 is 2.52 bits per heavy atom. The average Bonchev–Trinajstić information content (AvgIpc) is 2.80. The zero-order chi connectivity index (χ0) is 20.1. The number of carbonyl (C=O) groups is 1. The van der Waals surface area contributed by atoms with Crippen LogP contribution in [-0.2, 0) is 11.3 Å². The van der Waals surface area contributed by atoms with Gasteiger partial charge in [0.2, 0.25) is 11.8 Å². The molecule has 1 amide bonds. The van der Waals surface area contributed by atoms with Gasteiger partial charge in [-0.25, -0.2) is 0 Å². The first-order chi connectivity index (χ1) is 14.2. The summed E-state index contributed by atoms with van der Waals surface area (Å²) in [5.74, 6) is 1.64. The van der Waals surface area contributed by atoms with Gasteiger partial charge in [0.15, 0.2) is 5.82 Å². The molecule has 1 atom stereocenters. The lowest BCUT2D eigenvalue weighted by molar-refractivity contribution is -0.137. The standard InChI is InChI=1S/C22H29N5O2/c1-29-21-10-9-20(23-24-21)27-11-5-8-19(17-27)22(28)26-14-12-25(13-15-26)16-18-6-3-2-4-7-18/h2-4,6-7,9-10,19H,5,8,11-17H2,1H3. The maximum Gasteiger partial charge on any atom is 0.233 e. The fourth-order valence-electron chi connectivity index (χ4n) is 4.20. The molecule has 2 fully saturated rings. The second kappa shape index (κ2) is 9.22. The Morgan fingerprint density at radius 1 is 1.03 bits per heavy atom. The molecule has 7 heteroatoms. The minimum atomic E-state index is 0.0355. The van der Waals surface area contributed by atoms with Gasteiger partial charge in [-0.05, 0) is 24.5 Å². The molecule has 0 saturated carbocycles. The maximum absolute atomic E-state index is 13.1. The number of methoxy groups -OCH3 is 1. The molecule has 2 aromatic rings. The van der Waals surface area contributed by atoms with Crippen LogP contribution < -0.4 is 9.64 Å². The van der Waals surface area contributed by atoms with E-state index in [9.17, 15) is 4.79 Å². The Hall–Kier alpha value is -2.67. The minimum absolute atomic E-state index is 0.0355. The van der Waals surface area contributed by atoms with Crippen LogP contribution in [0, 0.1) is 5.92 Å². The van der Waals surface area contributed by atoms with Gasteiger partial charge in [0.25, 0.3) is 0 Å². The van der Waals surface area contributed by atoms with Crippen molar-refractivity contribution in [2.24, 2.45) is 5.92 Å². The minimum Gasteiger partial charge on any atom is -0.480 e. The lowest BCUT2D eigenvalue weighted by Gasteiger charge is -2.39. The summed E-state index contributed by atoms with van der Waals surface area (Å²) < 4.78 is 5.08. The fraction of sp³-hybridized carbons (Fsp3) is 0.500. The molecule has 0 N–H and O–H groups in total. The summed E-state index contributed by atoms with van der Waals surface area (Å²) in [6.07, 6.45) is 1.95. The van der Waals surface area contributed by atoms with Crippen molar-refractivity contribution < 1.29 is 9.53 Å². The first kappa shape index (κ1) is 19.6. The summed E-state index contributed by atoms with van der Waals surface area (Å²) in [5.41, 5.74) is 1.33. The first-order valence-electron chi connectivity index (χ1n) is 10.4. The Balaban J connectivity index is 1.30. The molecule has 1 unspecified atom stereocenters. The van der Waals surface area contributed by atoms with Crippen molar-refractivity contribution in [2.45, 2.75) is 19.4 Å². The van der Waals surface area contributed by atoms with Crippen LogP contribution in [0.25, 0.3) is 0 Å². The Morgan fingerprint density at radius 2 is 1.83 bits per heavy atom. The number of aromatic nitrogens is 2. The average molecular weight is 396 g/mol. The molecule has 0 spiro atoms. The molecule has 7 nitrogen and oxygen atoms in total. The van der Waals surface area contributed by atoms with E-state index in [1.54, 1.807) is 7.11 Å². The summed E-state index contributed by atoms with van der Waals surface area (Å²) in [6.45, 7) is 6.06. The number of hydrogen-bond donors (Lipinski definition) is 0. The molecule has 29 heavy (non-hydrogen) atoms. The van der Waals surface area contributed by atoms with Crippen LogP contribution in [0.1, 0.15) is 18.4 Å². The Labute approximate surface area is 172 Å². The third-order valence-electron chi connectivity index (χ3n) is 5.86. The van der Waals surface area contributed by atoms with Crippen LogP contribution in [0.5, 0.6) is 5.88 Å². The zero-order valence-corrected chi connectivity index (χ0v) is 17.0. The van der Waals surface area contributed by atoms with Crippen molar-refractivity contribution in [3.05, 3.63) is 48.0 Å². The summed E-state index contributed by atoms with van der Waals surface area (Å²) in [5, 5.41) is 8.31. The van der Waals surface area contributed by atoms with Gasteiger partial charge in [-0.15, -0.1) is 10.2 Å². The van der Waals surface area contributed by atoms with Crippen molar-refractivity contribution in [3.63, 3.8) is 0 Å². The largest absolute Gasteiger partial charge is 0.480 e. The molecule has 2 saturated heterocycles. The number of rotatable bonds is 5. The smallest absolute Gasteiger partial charge is 0.233 e. The maximum atomic E-state index is 13.1. The molecule has 1 aromatic carbocycles. The van der Waals surface area contributed by atoms with Gasteiger partial charge in [-0.2, -0.15) is 0 Å². The second-order valence-electron chi connectivity index (χ2n) is 7.81. The SMILES string of the molecule is COc1ccc(N2CCCC(C(=O)N3CCN(Cc4ccccc4)CC3)C2)nn1. The lowest BCUT2D eigenvalue weighted by Crippen LogP contribution is -2.52. The predicted octanol–water partition coefficient (Wildman–Crippen LogP) is 2.05. The van der Waals surface area contributed by atoms with E-state index in [0.29, 0.717) is 12.4 Å². The summed E-state index contributed by atoms with van der Waals surface area (Å²) >= 11 is 0. The molecule has 2 aliphatic heterocycles. The Bertz CT molecular complexity index is 791. The van der Waals surface area contributed by atoms with Crippen LogP contribution in [-0.4, -0.2) is 72.3 Å². The number of amides is 1. The monoisotopic (exact) mass is 395 g/mol. The van der Waals surface area contributed by atoms with E-state index in [1.807, 2.05) is 18.2 Å². The molecule has 0 radical (unpaired) electrons. The van der Waals surface area contributed by atoms with Gasteiger partial charge < -0.3 is 14.5 Å². The van der Waals surface area contributed by atoms with Crippen LogP contribution >= 0.6 is 0 Å². The van der Waals surface area contributed by atoms with E-state index in [0.717, 1.165) is 57.9 Å². The van der Waals surface area contributed by atoms with Gasteiger partial charge >= 0.3 is 0 Å². The van der Waals surface area contributed by atoms with Gasteiger partial charge in [0.1, 0.15) is 0 Å². The van der Waals surface area contributed by atoms with Crippen molar-refractivity contribution in [1.82, 2.24) is 20.0 Å². The number of carbonyl (C=O) groups excluding carboxylic acids is 1. The van der Waals surface area contributed by atoms with Gasteiger partial charge in [-0.1, -0.05) is 30.3 Å². The third kappa shape index (κ3) is 4.85. The highest BCUT2D eigenvalue weighted by molar-refractivity contribution is 5.80. The molecular weight excluding hydrogens is 366 g/mol. The first-order valence-corrected chi connectivity index (χ1v) is 10.4. The van der Waals surface area contributed by atoms with Crippen LogP contribution in [0.3, 0.4) is 0 Å². The molecule has 4 rings (SSSR count).